The predicted molar refractivity (Wildman–Crippen MR) is 110 cm³/mol. The fourth-order valence-electron chi connectivity index (χ4n) is 3.88. The van der Waals surface area contributed by atoms with E-state index in [0.29, 0.717) is 24.4 Å². The van der Waals surface area contributed by atoms with Crippen molar-refractivity contribution < 1.29 is 18.0 Å². The summed E-state index contributed by atoms with van der Waals surface area (Å²) in [4.78, 5) is 24.7. The summed E-state index contributed by atoms with van der Waals surface area (Å²) in [6.07, 6.45) is -3.11. The van der Waals surface area contributed by atoms with Crippen molar-refractivity contribution in [1.82, 2.24) is 34.7 Å². The van der Waals surface area contributed by atoms with Gasteiger partial charge in [-0.15, -0.1) is 5.10 Å². The molecule has 0 bridgehead atoms. The van der Waals surface area contributed by atoms with Crippen LogP contribution in [0.3, 0.4) is 0 Å². The number of piperazine rings is 1. The molecule has 0 spiro atoms. The van der Waals surface area contributed by atoms with Gasteiger partial charge in [-0.25, -0.2) is 9.50 Å². The SMILES string of the molecule is CCN1CCN(CCCNC(=O)CCc2c(C)nc3nc(C(F)(F)F)nn3c2C)CC1. The summed E-state index contributed by atoms with van der Waals surface area (Å²) >= 11 is 0. The topological polar surface area (TPSA) is 78.7 Å². The largest absolute Gasteiger partial charge is 0.453 e. The van der Waals surface area contributed by atoms with E-state index in [-0.39, 0.29) is 18.1 Å². The molecule has 2 aromatic heterocycles. The summed E-state index contributed by atoms with van der Waals surface area (Å²) in [6, 6.07) is 0. The van der Waals surface area contributed by atoms with Crippen molar-refractivity contribution in [3.05, 3.63) is 22.8 Å². The fraction of sp³-hybridized carbons (Fsp3) is 0.700. The minimum atomic E-state index is -4.63. The highest BCUT2D eigenvalue weighted by atomic mass is 19.4. The van der Waals surface area contributed by atoms with E-state index >= 15 is 0 Å². The van der Waals surface area contributed by atoms with Crippen molar-refractivity contribution in [3.8, 4) is 0 Å². The minimum absolute atomic E-state index is 0.0794. The van der Waals surface area contributed by atoms with Crippen LogP contribution in [-0.2, 0) is 17.4 Å². The molecule has 1 saturated heterocycles. The van der Waals surface area contributed by atoms with Gasteiger partial charge in [-0.05, 0) is 45.3 Å². The van der Waals surface area contributed by atoms with Crippen LogP contribution in [-0.4, -0.2) is 81.1 Å². The Balaban J connectivity index is 1.47. The number of halogens is 3. The lowest BCUT2D eigenvalue weighted by Gasteiger charge is -2.33. The molecule has 0 radical (unpaired) electrons. The number of hydrogen-bond acceptors (Lipinski definition) is 6. The third-order valence-electron chi connectivity index (χ3n) is 5.79. The lowest BCUT2D eigenvalue weighted by Crippen LogP contribution is -2.46. The summed E-state index contributed by atoms with van der Waals surface area (Å²) in [6.45, 7) is 12.5. The number of nitrogens with zero attached hydrogens (tertiary/aromatic N) is 6. The van der Waals surface area contributed by atoms with Gasteiger partial charge in [0.1, 0.15) is 0 Å². The lowest BCUT2D eigenvalue weighted by molar-refractivity contribution is -0.144. The van der Waals surface area contributed by atoms with Crippen LogP contribution in [0.5, 0.6) is 0 Å². The molecule has 1 amide bonds. The summed E-state index contributed by atoms with van der Waals surface area (Å²) in [5.74, 6) is -1.38. The zero-order chi connectivity index (χ0) is 22.6. The van der Waals surface area contributed by atoms with E-state index in [1.165, 1.54) is 0 Å². The molecule has 1 fully saturated rings. The third-order valence-corrected chi connectivity index (χ3v) is 5.79. The van der Waals surface area contributed by atoms with Gasteiger partial charge in [0.2, 0.25) is 5.91 Å². The van der Waals surface area contributed by atoms with Crippen LogP contribution in [0, 0.1) is 13.8 Å². The van der Waals surface area contributed by atoms with Crippen LogP contribution >= 0.6 is 0 Å². The van der Waals surface area contributed by atoms with Crippen molar-refractivity contribution >= 4 is 11.7 Å². The molecule has 0 unspecified atom stereocenters. The molecule has 3 rings (SSSR count). The Kier molecular flexibility index (Phi) is 7.47. The van der Waals surface area contributed by atoms with Gasteiger partial charge < -0.3 is 15.1 Å². The highest BCUT2D eigenvalue weighted by Gasteiger charge is 2.37. The third kappa shape index (κ3) is 5.91. The molecule has 2 aromatic rings. The molecule has 0 atom stereocenters. The molecule has 0 saturated carbocycles. The number of aromatic nitrogens is 4. The smallest absolute Gasteiger partial charge is 0.356 e. The van der Waals surface area contributed by atoms with Crippen molar-refractivity contribution in [2.45, 2.75) is 46.2 Å². The van der Waals surface area contributed by atoms with Crippen LogP contribution < -0.4 is 5.32 Å². The zero-order valence-corrected chi connectivity index (χ0v) is 18.3. The molecule has 11 heteroatoms. The van der Waals surface area contributed by atoms with E-state index in [1.54, 1.807) is 13.8 Å². The lowest BCUT2D eigenvalue weighted by atomic mass is 10.1. The first-order chi connectivity index (χ1) is 14.7. The highest BCUT2D eigenvalue weighted by molar-refractivity contribution is 5.76. The number of carbonyl (C=O) groups excluding carboxylic acids is 1. The van der Waals surface area contributed by atoms with Crippen molar-refractivity contribution in [2.24, 2.45) is 0 Å². The number of fused-ring (bicyclic) bond motifs is 1. The number of alkyl halides is 3. The van der Waals surface area contributed by atoms with Gasteiger partial charge >= 0.3 is 6.18 Å². The maximum Gasteiger partial charge on any atom is 0.453 e. The number of carbonyl (C=O) groups is 1. The number of amides is 1. The van der Waals surface area contributed by atoms with Crippen LogP contribution in [0.2, 0.25) is 0 Å². The van der Waals surface area contributed by atoms with E-state index in [9.17, 15) is 18.0 Å². The Bertz CT molecular complexity index is 904. The van der Waals surface area contributed by atoms with Gasteiger partial charge in [-0.1, -0.05) is 6.92 Å². The van der Waals surface area contributed by atoms with Crippen LogP contribution in [0.4, 0.5) is 13.2 Å². The second-order valence-corrected chi connectivity index (χ2v) is 7.89. The normalized spacial score (nSPS) is 16.2. The molecular formula is C20H30F3N7O. The van der Waals surface area contributed by atoms with Gasteiger partial charge in [0, 0.05) is 50.5 Å². The molecule has 8 nitrogen and oxygen atoms in total. The van der Waals surface area contributed by atoms with E-state index in [2.05, 4.69) is 37.1 Å². The van der Waals surface area contributed by atoms with Gasteiger partial charge in [0.25, 0.3) is 11.6 Å². The van der Waals surface area contributed by atoms with E-state index in [4.69, 9.17) is 0 Å². The summed E-state index contributed by atoms with van der Waals surface area (Å²) in [7, 11) is 0. The predicted octanol–water partition coefficient (Wildman–Crippen LogP) is 1.84. The zero-order valence-electron chi connectivity index (χ0n) is 18.3. The second-order valence-electron chi connectivity index (χ2n) is 7.89. The maximum atomic E-state index is 12.9. The number of aryl methyl sites for hydroxylation is 2. The number of nitrogens with one attached hydrogen (secondary N) is 1. The Hall–Kier alpha value is -2.27. The van der Waals surface area contributed by atoms with Crippen LogP contribution in [0.15, 0.2) is 0 Å². The summed E-state index contributed by atoms with van der Waals surface area (Å²) in [5.41, 5.74) is 1.80. The van der Waals surface area contributed by atoms with Gasteiger partial charge in [0.15, 0.2) is 0 Å². The standard InChI is InChI=1S/C20H30F3N7O/c1-4-28-10-12-29(13-11-28)9-5-8-24-17(31)7-6-16-14(2)25-19-26-18(20(21,22)23)27-30(19)15(16)3/h4-13H2,1-3H3,(H,24,31). The van der Waals surface area contributed by atoms with Crippen molar-refractivity contribution in [2.75, 3.05) is 45.8 Å². The quantitative estimate of drug-likeness (QED) is 0.630. The van der Waals surface area contributed by atoms with Crippen molar-refractivity contribution in [1.29, 1.82) is 0 Å². The molecule has 0 aliphatic carbocycles. The average Bonchev–Trinajstić information content (AvgIpc) is 3.16. The Morgan fingerprint density at radius 2 is 1.77 bits per heavy atom. The average molecular weight is 442 g/mol. The van der Waals surface area contributed by atoms with E-state index < -0.39 is 12.0 Å². The van der Waals surface area contributed by atoms with Crippen molar-refractivity contribution in [3.63, 3.8) is 0 Å². The van der Waals surface area contributed by atoms with Gasteiger partial charge in [0.05, 0.1) is 0 Å². The van der Waals surface area contributed by atoms with Gasteiger partial charge in [-0.3, -0.25) is 4.79 Å². The monoisotopic (exact) mass is 441 g/mol. The Labute approximate surface area is 179 Å². The van der Waals surface area contributed by atoms with Crippen LogP contribution in [0.25, 0.3) is 5.78 Å². The Morgan fingerprint density at radius 3 is 2.42 bits per heavy atom. The minimum Gasteiger partial charge on any atom is -0.356 e. The van der Waals surface area contributed by atoms with Gasteiger partial charge in [-0.2, -0.15) is 18.2 Å². The molecule has 172 valence electrons. The number of hydrogen-bond donors (Lipinski definition) is 1. The highest BCUT2D eigenvalue weighted by Crippen LogP contribution is 2.27. The molecule has 3 heterocycles. The molecule has 0 aromatic carbocycles. The first-order valence-corrected chi connectivity index (χ1v) is 10.7. The molecule has 1 aliphatic rings. The molecule has 1 aliphatic heterocycles. The van der Waals surface area contributed by atoms with E-state index in [1.807, 2.05) is 0 Å². The summed E-state index contributed by atoms with van der Waals surface area (Å²) in [5, 5.41) is 6.47. The Morgan fingerprint density at radius 1 is 1.10 bits per heavy atom. The number of rotatable bonds is 8. The fourth-order valence-corrected chi connectivity index (χ4v) is 3.88. The second kappa shape index (κ2) is 9.90. The molecular weight excluding hydrogens is 411 g/mol. The van der Waals surface area contributed by atoms with Crippen LogP contribution in [0.1, 0.15) is 42.5 Å². The number of likely N-dealkylation sites (N-methyl/N-ethyl adjacent to an activating group) is 1. The summed E-state index contributed by atoms with van der Waals surface area (Å²) < 4.78 is 39.8. The maximum absolute atomic E-state index is 12.9. The molecule has 1 N–H and O–H groups in total. The first kappa shape index (κ1) is 23.4. The molecule has 31 heavy (non-hydrogen) atoms. The first-order valence-electron chi connectivity index (χ1n) is 10.7. The van der Waals surface area contributed by atoms with E-state index in [0.717, 1.165) is 55.8 Å².